The predicted molar refractivity (Wildman–Crippen MR) is 97.0 cm³/mol. The van der Waals surface area contributed by atoms with Gasteiger partial charge in [-0.05, 0) is 36.6 Å². The maximum absolute atomic E-state index is 12.7. The fourth-order valence-corrected chi connectivity index (χ4v) is 2.81. The number of amides is 2. The molecule has 0 aliphatic carbocycles. The van der Waals surface area contributed by atoms with E-state index in [4.69, 9.17) is 4.74 Å². The second-order valence-electron chi connectivity index (χ2n) is 6.42. The van der Waals surface area contributed by atoms with Crippen molar-refractivity contribution in [3.05, 3.63) is 34.3 Å². The number of halogens is 1. The molecule has 0 saturated carbocycles. The first-order valence-electron chi connectivity index (χ1n) is 8.38. The second-order valence-corrected chi connectivity index (χ2v) is 7.34. The lowest BCUT2D eigenvalue weighted by atomic mass is 10.1. The lowest BCUT2D eigenvalue weighted by molar-refractivity contribution is -0.148. The van der Waals surface area contributed by atoms with Gasteiger partial charge >= 0.3 is 5.97 Å². The van der Waals surface area contributed by atoms with E-state index in [0.717, 1.165) is 10.9 Å². The summed E-state index contributed by atoms with van der Waals surface area (Å²) < 4.78 is 6.06. The lowest BCUT2D eigenvalue weighted by Crippen LogP contribution is -2.57. The van der Waals surface area contributed by atoms with Gasteiger partial charge < -0.3 is 15.0 Å². The lowest BCUT2D eigenvalue weighted by Gasteiger charge is -2.34. The zero-order valence-electron chi connectivity index (χ0n) is 14.5. The molecule has 2 rings (SSSR count). The van der Waals surface area contributed by atoms with E-state index in [2.05, 4.69) is 21.2 Å². The highest BCUT2D eigenvalue weighted by Gasteiger charge is 2.35. The van der Waals surface area contributed by atoms with Crippen molar-refractivity contribution >= 4 is 33.7 Å². The van der Waals surface area contributed by atoms with Crippen LogP contribution in [0.4, 0.5) is 0 Å². The molecule has 1 fully saturated rings. The smallest absolute Gasteiger partial charge is 0.308 e. The Bertz CT molecular complexity index is 630. The molecule has 0 spiro atoms. The Morgan fingerprint density at radius 3 is 2.64 bits per heavy atom. The van der Waals surface area contributed by atoms with E-state index in [0.29, 0.717) is 31.2 Å². The van der Waals surface area contributed by atoms with Crippen LogP contribution in [0.1, 0.15) is 37.0 Å². The normalized spacial score (nSPS) is 17.4. The number of hydrogen-bond donors (Lipinski definition) is 1. The third kappa shape index (κ3) is 5.56. The molecule has 1 atom stereocenters. The second kappa shape index (κ2) is 8.99. The molecule has 7 heteroatoms. The quantitative estimate of drug-likeness (QED) is 0.730. The van der Waals surface area contributed by atoms with Crippen molar-refractivity contribution in [1.29, 1.82) is 0 Å². The van der Waals surface area contributed by atoms with Gasteiger partial charge in [-0.2, -0.15) is 0 Å². The predicted octanol–water partition coefficient (Wildman–Crippen LogP) is 2.37. The van der Waals surface area contributed by atoms with Crippen LogP contribution < -0.4 is 5.32 Å². The van der Waals surface area contributed by atoms with E-state index in [-0.39, 0.29) is 18.2 Å². The van der Waals surface area contributed by atoms with Gasteiger partial charge in [-0.25, -0.2) is 0 Å². The first-order valence-corrected chi connectivity index (χ1v) is 9.17. The summed E-state index contributed by atoms with van der Waals surface area (Å²) in [6.07, 6.45) is 0.635. The molecule has 6 nitrogen and oxygen atoms in total. The first kappa shape index (κ1) is 19.4. The summed E-state index contributed by atoms with van der Waals surface area (Å²) in [4.78, 5) is 38.4. The summed E-state index contributed by atoms with van der Waals surface area (Å²) in [6.45, 7) is 5.15. The van der Waals surface area contributed by atoms with E-state index >= 15 is 0 Å². The van der Waals surface area contributed by atoms with Crippen molar-refractivity contribution in [2.24, 2.45) is 5.92 Å². The van der Waals surface area contributed by atoms with Crippen molar-refractivity contribution in [3.63, 3.8) is 0 Å². The maximum atomic E-state index is 12.7. The molecule has 1 saturated heterocycles. The molecular formula is C18H23BrN2O4. The molecule has 1 aliphatic heterocycles. The molecule has 136 valence electrons. The maximum Gasteiger partial charge on any atom is 0.308 e. The van der Waals surface area contributed by atoms with Gasteiger partial charge in [-0.1, -0.05) is 29.8 Å². The first-order chi connectivity index (χ1) is 11.9. The van der Waals surface area contributed by atoms with E-state index in [1.165, 1.54) is 4.90 Å². The van der Waals surface area contributed by atoms with E-state index < -0.39 is 12.0 Å². The fraction of sp³-hybridized carbons (Fsp3) is 0.500. The van der Waals surface area contributed by atoms with Crippen LogP contribution in [0.25, 0.3) is 0 Å². The van der Waals surface area contributed by atoms with Crippen molar-refractivity contribution in [2.75, 3.05) is 19.7 Å². The van der Waals surface area contributed by atoms with Crippen LogP contribution in [0.5, 0.6) is 0 Å². The number of benzene rings is 1. The Balaban J connectivity index is 2.04. The molecule has 0 aromatic heterocycles. The summed E-state index contributed by atoms with van der Waals surface area (Å²) in [5, 5.41) is 2.71. The number of carbonyl (C=O) groups excluding carboxylic acids is 3. The van der Waals surface area contributed by atoms with Crippen LogP contribution in [0.15, 0.2) is 28.7 Å². The zero-order chi connectivity index (χ0) is 18.4. The van der Waals surface area contributed by atoms with Crippen molar-refractivity contribution in [1.82, 2.24) is 10.2 Å². The van der Waals surface area contributed by atoms with Gasteiger partial charge in [0.25, 0.3) is 5.91 Å². The van der Waals surface area contributed by atoms with Gasteiger partial charge in [-0.15, -0.1) is 0 Å². The van der Waals surface area contributed by atoms with Crippen molar-refractivity contribution in [2.45, 2.75) is 32.7 Å². The number of piperazine rings is 1. The molecule has 0 bridgehead atoms. The van der Waals surface area contributed by atoms with Crippen molar-refractivity contribution in [3.8, 4) is 0 Å². The minimum absolute atomic E-state index is 0.133. The van der Waals surface area contributed by atoms with Gasteiger partial charge in [0.05, 0.1) is 13.0 Å². The van der Waals surface area contributed by atoms with Gasteiger partial charge in [0.2, 0.25) is 5.91 Å². The monoisotopic (exact) mass is 410 g/mol. The minimum atomic E-state index is -0.837. The summed E-state index contributed by atoms with van der Waals surface area (Å²) in [7, 11) is 0. The van der Waals surface area contributed by atoms with Gasteiger partial charge in [0, 0.05) is 23.1 Å². The van der Waals surface area contributed by atoms with Gasteiger partial charge in [0.15, 0.2) is 0 Å². The summed E-state index contributed by atoms with van der Waals surface area (Å²) in [6, 6.07) is 6.09. The molecule has 1 N–H and O–H groups in total. The Hall–Kier alpha value is -1.89. The highest BCUT2D eigenvalue weighted by Crippen LogP contribution is 2.17. The molecule has 1 aromatic rings. The summed E-state index contributed by atoms with van der Waals surface area (Å²) >= 11 is 3.33. The Morgan fingerprint density at radius 1 is 1.32 bits per heavy atom. The third-order valence-corrected chi connectivity index (χ3v) is 4.53. The van der Waals surface area contributed by atoms with Crippen LogP contribution >= 0.6 is 15.9 Å². The average molecular weight is 411 g/mol. The van der Waals surface area contributed by atoms with Crippen LogP contribution in [0.3, 0.4) is 0 Å². The van der Waals surface area contributed by atoms with Crippen LogP contribution in [-0.2, 0) is 14.3 Å². The molecule has 1 heterocycles. The minimum Gasteiger partial charge on any atom is -0.466 e. The zero-order valence-corrected chi connectivity index (χ0v) is 16.0. The molecule has 2 amide bonds. The fourth-order valence-electron chi connectivity index (χ4n) is 2.54. The van der Waals surface area contributed by atoms with Crippen LogP contribution in [0.2, 0.25) is 0 Å². The third-order valence-electron chi connectivity index (χ3n) is 4.00. The summed E-state index contributed by atoms with van der Waals surface area (Å²) in [5.74, 6) is -0.614. The number of esters is 1. The van der Waals surface area contributed by atoms with E-state index in [9.17, 15) is 14.4 Å². The van der Waals surface area contributed by atoms with Crippen molar-refractivity contribution < 1.29 is 19.1 Å². The average Bonchev–Trinajstić information content (AvgIpc) is 2.56. The van der Waals surface area contributed by atoms with Gasteiger partial charge in [-0.3, -0.25) is 14.4 Å². The number of nitrogens with zero attached hydrogens (tertiary/aromatic N) is 1. The largest absolute Gasteiger partial charge is 0.466 e. The highest BCUT2D eigenvalue weighted by atomic mass is 79.9. The Labute approximate surface area is 156 Å². The number of rotatable bonds is 6. The van der Waals surface area contributed by atoms with Crippen LogP contribution in [0, 0.1) is 5.92 Å². The van der Waals surface area contributed by atoms with Crippen LogP contribution in [-0.4, -0.2) is 48.4 Å². The van der Waals surface area contributed by atoms with Gasteiger partial charge in [0.1, 0.15) is 6.04 Å². The standard InChI is InChI=1S/C18H23BrN2O4/c1-12(2)7-10-25-16(22)11-15-17(23)20-8-9-21(15)18(24)13-3-5-14(19)6-4-13/h3-6,12,15H,7-11H2,1-2H3,(H,20,23). The SMILES string of the molecule is CC(C)CCOC(=O)CC1C(=O)NCCN1C(=O)c1ccc(Br)cc1. The van der Waals surface area contributed by atoms with E-state index in [1.54, 1.807) is 24.3 Å². The highest BCUT2D eigenvalue weighted by molar-refractivity contribution is 9.10. The Morgan fingerprint density at radius 2 is 2.00 bits per heavy atom. The molecule has 1 unspecified atom stereocenters. The number of hydrogen-bond acceptors (Lipinski definition) is 4. The molecule has 25 heavy (non-hydrogen) atoms. The Kier molecular flexibility index (Phi) is 6.99. The molecule has 1 aliphatic rings. The number of carbonyl (C=O) groups is 3. The molecule has 1 aromatic carbocycles. The molecular weight excluding hydrogens is 388 g/mol. The number of ether oxygens (including phenoxy) is 1. The number of nitrogens with one attached hydrogen (secondary N) is 1. The molecule has 0 radical (unpaired) electrons. The summed E-state index contributed by atoms with van der Waals surface area (Å²) in [5.41, 5.74) is 0.482. The topological polar surface area (TPSA) is 75.7 Å². The van der Waals surface area contributed by atoms with E-state index in [1.807, 2.05) is 13.8 Å².